The molecule has 7 nitrogen and oxygen atoms in total. The molecule has 2 atom stereocenters. The van der Waals surface area contributed by atoms with Crippen LogP contribution in [0.5, 0.6) is 0 Å². The number of amides is 1. The zero-order valence-corrected chi connectivity index (χ0v) is 13.0. The summed E-state index contributed by atoms with van der Waals surface area (Å²) in [6.07, 6.45) is 0.0892. The molecule has 1 aromatic rings. The molecule has 0 spiro atoms. The van der Waals surface area contributed by atoms with Gasteiger partial charge >= 0.3 is 11.9 Å². The van der Waals surface area contributed by atoms with Crippen molar-refractivity contribution in [2.24, 2.45) is 10.8 Å². The molecule has 24 heavy (non-hydrogen) atoms. The van der Waals surface area contributed by atoms with Gasteiger partial charge in [0.2, 0.25) is 5.91 Å². The summed E-state index contributed by atoms with van der Waals surface area (Å²) < 4.78 is 13.5. The highest BCUT2D eigenvalue weighted by molar-refractivity contribution is 5.96. The van der Waals surface area contributed by atoms with Crippen LogP contribution < -0.4 is 5.32 Å². The maximum Gasteiger partial charge on any atom is 0.312 e. The van der Waals surface area contributed by atoms with Crippen molar-refractivity contribution in [3.8, 4) is 0 Å². The molecular formula is C16H17FN2O5. The number of carboxylic acids is 2. The first kappa shape index (κ1) is 16.4. The van der Waals surface area contributed by atoms with Crippen LogP contribution in [0, 0.1) is 23.6 Å². The molecule has 3 rings (SSSR count). The number of carbonyl (C=O) groups excluding carboxylic acids is 1. The minimum Gasteiger partial charge on any atom is -0.481 e. The molecule has 1 amide bonds. The third-order valence-electron chi connectivity index (χ3n) is 5.02. The first-order valence-corrected chi connectivity index (χ1v) is 7.45. The van der Waals surface area contributed by atoms with Gasteiger partial charge in [-0.1, -0.05) is 6.07 Å². The fraction of sp³-hybridized carbons (Fsp3) is 0.438. The van der Waals surface area contributed by atoms with Gasteiger partial charge in [0.15, 0.2) is 0 Å². The molecule has 2 fully saturated rings. The van der Waals surface area contributed by atoms with E-state index in [1.54, 1.807) is 13.0 Å². The number of piperidine rings is 1. The summed E-state index contributed by atoms with van der Waals surface area (Å²) in [5.74, 6) is -3.17. The zero-order valence-electron chi connectivity index (χ0n) is 13.0. The highest BCUT2D eigenvalue weighted by atomic mass is 19.1. The highest BCUT2D eigenvalue weighted by Gasteiger charge is 2.80. The minimum atomic E-state index is -1.31. The van der Waals surface area contributed by atoms with Crippen molar-refractivity contribution in [1.29, 1.82) is 0 Å². The van der Waals surface area contributed by atoms with E-state index in [0.717, 1.165) is 0 Å². The number of halogens is 1. The molecule has 3 N–H and O–H groups in total. The lowest BCUT2D eigenvalue weighted by Crippen LogP contribution is -2.35. The van der Waals surface area contributed by atoms with Gasteiger partial charge < -0.3 is 15.5 Å². The number of carbonyl (C=O) groups is 3. The molecule has 1 saturated heterocycles. The van der Waals surface area contributed by atoms with Gasteiger partial charge in [-0.3, -0.25) is 19.3 Å². The molecule has 128 valence electrons. The normalized spacial score (nSPS) is 28.2. The zero-order chi connectivity index (χ0) is 17.7. The SMILES string of the molecule is Cc1ccc(NC(=O)CN2C[C@@]3(C(=O)O)C[C@@]3(C(=O)O)C2)cc1F. The van der Waals surface area contributed by atoms with Crippen LogP contribution >= 0.6 is 0 Å². The van der Waals surface area contributed by atoms with Gasteiger partial charge in [-0.15, -0.1) is 0 Å². The molecule has 1 aliphatic heterocycles. The van der Waals surface area contributed by atoms with Crippen molar-refractivity contribution in [2.45, 2.75) is 13.3 Å². The van der Waals surface area contributed by atoms with E-state index in [9.17, 15) is 29.0 Å². The fourth-order valence-corrected chi connectivity index (χ4v) is 3.59. The predicted octanol–water partition coefficient (Wildman–Crippen LogP) is 0.934. The first-order chi connectivity index (χ1) is 11.2. The molecule has 1 aromatic carbocycles. The van der Waals surface area contributed by atoms with Crippen LogP contribution in [-0.4, -0.2) is 52.6 Å². The Balaban J connectivity index is 1.65. The Morgan fingerprint density at radius 1 is 1.21 bits per heavy atom. The summed E-state index contributed by atoms with van der Waals surface area (Å²) >= 11 is 0. The van der Waals surface area contributed by atoms with E-state index in [2.05, 4.69) is 5.32 Å². The Bertz CT molecular complexity index is 724. The topological polar surface area (TPSA) is 107 Å². The maximum atomic E-state index is 13.5. The number of carboxylic acid groups (broad SMARTS) is 2. The van der Waals surface area contributed by atoms with E-state index in [-0.39, 0.29) is 26.1 Å². The van der Waals surface area contributed by atoms with E-state index >= 15 is 0 Å². The highest BCUT2D eigenvalue weighted by Crippen LogP contribution is 2.68. The number of nitrogens with one attached hydrogen (secondary N) is 1. The van der Waals surface area contributed by atoms with Crippen molar-refractivity contribution in [2.75, 3.05) is 25.0 Å². The second-order valence-corrected chi connectivity index (χ2v) is 6.61. The van der Waals surface area contributed by atoms with Gasteiger partial charge in [0, 0.05) is 18.8 Å². The molecule has 0 bridgehead atoms. The molecule has 0 aromatic heterocycles. The molecular weight excluding hydrogens is 319 g/mol. The van der Waals surface area contributed by atoms with E-state index in [4.69, 9.17) is 0 Å². The van der Waals surface area contributed by atoms with Crippen molar-refractivity contribution in [3.05, 3.63) is 29.6 Å². The van der Waals surface area contributed by atoms with E-state index in [1.807, 2.05) is 0 Å². The molecule has 0 unspecified atom stereocenters. The fourth-order valence-electron chi connectivity index (χ4n) is 3.59. The second kappa shape index (κ2) is 5.27. The number of hydrogen-bond acceptors (Lipinski definition) is 4. The molecule has 8 heteroatoms. The average molecular weight is 336 g/mol. The maximum absolute atomic E-state index is 13.5. The number of aryl methyl sites for hydroxylation is 1. The van der Waals surface area contributed by atoms with Crippen molar-refractivity contribution >= 4 is 23.5 Å². The average Bonchev–Trinajstić information content (AvgIpc) is 3.03. The Labute approximate surface area is 137 Å². The van der Waals surface area contributed by atoms with Crippen LogP contribution in [0.1, 0.15) is 12.0 Å². The van der Waals surface area contributed by atoms with E-state index < -0.39 is 34.5 Å². The Morgan fingerprint density at radius 3 is 2.29 bits per heavy atom. The summed E-state index contributed by atoms with van der Waals surface area (Å²) in [6.45, 7) is 1.50. The van der Waals surface area contributed by atoms with Crippen molar-refractivity contribution < 1.29 is 29.0 Å². The summed E-state index contributed by atoms with van der Waals surface area (Å²) in [4.78, 5) is 36.5. The lowest BCUT2D eigenvalue weighted by Gasteiger charge is -2.19. The molecule has 1 aliphatic carbocycles. The quantitative estimate of drug-likeness (QED) is 0.738. The van der Waals surface area contributed by atoms with E-state index in [0.29, 0.717) is 11.3 Å². The summed E-state index contributed by atoms with van der Waals surface area (Å²) in [5, 5.41) is 21.2. The molecule has 1 heterocycles. The number of benzene rings is 1. The predicted molar refractivity (Wildman–Crippen MR) is 81.0 cm³/mol. The second-order valence-electron chi connectivity index (χ2n) is 6.61. The standard InChI is InChI=1S/C16H17FN2O5/c1-9-2-3-10(4-11(9)17)18-12(20)5-19-7-15(13(21)22)6-16(15,8-19)14(23)24/h2-4H,5-8H2,1H3,(H,18,20)(H,21,22)(H,23,24)/t15-,16+. The monoisotopic (exact) mass is 336 g/mol. The number of nitrogens with zero attached hydrogens (tertiary/aromatic N) is 1. The third kappa shape index (κ3) is 2.34. The molecule has 2 aliphatic rings. The van der Waals surface area contributed by atoms with Gasteiger partial charge in [0.25, 0.3) is 0 Å². The van der Waals surface area contributed by atoms with Gasteiger partial charge in [0.1, 0.15) is 5.82 Å². The van der Waals surface area contributed by atoms with Crippen molar-refractivity contribution in [1.82, 2.24) is 4.90 Å². The minimum absolute atomic E-state index is 0.0182. The lowest BCUT2D eigenvalue weighted by molar-refractivity contribution is -0.151. The lowest BCUT2D eigenvalue weighted by atomic mass is 9.97. The van der Waals surface area contributed by atoms with Gasteiger partial charge in [0.05, 0.1) is 17.4 Å². The van der Waals surface area contributed by atoms with Crippen LogP contribution in [0.4, 0.5) is 10.1 Å². The number of fused-ring (bicyclic) bond motifs is 1. The number of aliphatic carboxylic acids is 2. The van der Waals surface area contributed by atoms with Crippen LogP contribution in [0.25, 0.3) is 0 Å². The molecule has 0 radical (unpaired) electrons. The van der Waals surface area contributed by atoms with Gasteiger partial charge in [-0.2, -0.15) is 0 Å². The smallest absolute Gasteiger partial charge is 0.312 e. The number of anilines is 1. The largest absolute Gasteiger partial charge is 0.481 e. The Kier molecular flexibility index (Phi) is 3.60. The van der Waals surface area contributed by atoms with E-state index in [1.165, 1.54) is 17.0 Å². The van der Waals surface area contributed by atoms with Crippen molar-refractivity contribution in [3.63, 3.8) is 0 Å². The third-order valence-corrected chi connectivity index (χ3v) is 5.02. The van der Waals surface area contributed by atoms with Crippen LogP contribution in [0.3, 0.4) is 0 Å². The van der Waals surface area contributed by atoms with Crippen LogP contribution in [0.2, 0.25) is 0 Å². The first-order valence-electron chi connectivity index (χ1n) is 7.45. The summed E-state index contributed by atoms with van der Waals surface area (Å²) in [6, 6.07) is 4.30. The Hall–Kier alpha value is -2.48. The molecule has 1 saturated carbocycles. The number of likely N-dealkylation sites (tertiary alicyclic amines) is 1. The summed E-state index contributed by atoms with van der Waals surface area (Å²) in [7, 11) is 0. The number of hydrogen-bond donors (Lipinski definition) is 3. The van der Waals surface area contributed by atoms with Gasteiger partial charge in [-0.25, -0.2) is 4.39 Å². The number of rotatable bonds is 5. The van der Waals surface area contributed by atoms with Crippen LogP contribution in [0.15, 0.2) is 18.2 Å². The Morgan fingerprint density at radius 2 is 1.79 bits per heavy atom. The summed E-state index contributed by atoms with van der Waals surface area (Å²) in [5.41, 5.74) is -1.86. The van der Waals surface area contributed by atoms with Gasteiger partial charge in [-0.05, 0) is 31.0 Å². The van der Waals surface area contributed by atoms with Crippen LogP contribution in [-0.2, 0) is 14.4 Å².